The maximum Gasteiger partial charge on any atom is 0.245 e. The molecule has 0 aromatic carbocycles. The summed E-state index contributed by atoms with van der Waals surface area (Å²) in [6.45, 7) is 4.92. The molecule has 1 heterocycles. The summed E-state index contributed by atoms with van der Waals surface area (Å²) in [6, 6.07) is 0.252. The van der Waals surface area contributed by atoms with Gasteiger partial charge in [0.1, 0.15) is 0 Å². The van der Waals surface area contributed by atoms with Gasteiger partial charge in [0.15, 0.2) is 0 Å². The zero-order chi connectivity index (χ0) is 11.5. The van der Waals surface area contributed by atoms with Crippen molar-refractivity contribution in [2.24, 2.45) is 5.92 Å². The normalized spacial score (nSPS) is 21.6. The lowest BCUT2D eigenvalue weighted by Gasteiger charge is -2.31. The van der Waals surface area contributed by atoms with E-state index in [2.05, 4.69) is 11.9 Å². The lowest BCUT2D eigenvalue weighted by atomic mass is 10.0. The van der Waals surface area contributed by atoms with Gasteiger partial charge in [0.25, 0.3) is 0 Å². The average molecular weight is 222 g/mol. The molecule has 0 unspecified atom stereocenters. The van der Waals surface area contributed by atoms with Crippen LogP contribution in [0.4, 0.5) is 0 Å². The van der Waals surface area contributed by atoms with E-state index < -0.39 is 0 Å². The van der Waals surface area contributed by atoms with Gasteiger partial charge in [-0.1, -0.05) is 6.58 Å². The first kappa shape index (κ1) is 11.2. The Morgan fingerprint density at radius 2 is 1.81 bits per heavy atom. The minimum absolute atomic E-state index is 0.00744. The summed E-state index contributed by atoms with van der Waals surface area (Å²) in [4.78, 5) is 24.7. The molecule has 0 aromatic rings. The largest absolute Gasteiger partial charge is 0.353 e. The van der Waals surface area contributed by atoms with E-state index in [1.165, 1.54) is 6.08 Å². The van der Waals surface area contributed by atoms with E-state index >= 15 is 0 Å². The van der Waals surface area contributed by atoms with Crippen molar-refractivity contribution in [2.45, 2.75) is 31.7 Å². The topological polar surface area (TPSA) is 49.4 Å². The molecule has 16 heavy (non-hydrogen) atoms. The molecular weight excluding hydrogens is 204 g/mol. The van der Waals surface area contributed by atoms with Gasteiger partial charge in [-0.3, -0.25) is 9.59 Å². The van der Waals surface area contributed by atoms with E-state index in [1.54, 1.807) is 4.90 Å². The molecule has 0 atom stereocenters. The van der Waals surface area contributed by atoms with Gasteiger partial charge < -0.3 is 10.2 Å². The van der Waals surface area contributed by atoms with Crippen LogP contribution in [-0.4, -0.2) is 35.8 Å². The van der Waals surface area contributed by atoms with E-state index in [0.717, 1.165) is 38.8 Å². The van der Waals surface area contributed by atoms with Crippen molar-refractivity contribution >= 4 is 11.8 Å². The first-order chi connectivity index (χ1) is 7.70. The molecule has 1 saturated heterocycles. The highest BCUT2D eigenvalue weighted by Gasteiger charge is 2.31. The number of carbonyl (C=O) groups is 2. The predicted molar refractivity (Wildman–Crippen MR) is 60.7 cm³/mol. The Morgan fingerprint density at radius 3 is 2.31 bits per heavy atom. The highest BCUT2D eigenvalue weighted by Crippen LogP contribution is 2.29. The fourth-order valence-electron chi connectivity index (χ4n) is 2.04. The molecule has 2 fully saturated rings. The molecule has 1 aliphatic heterocycles. The molecular formula is C12H18N2O2. The molecule has 4 nitrogen and oxygen atoms in total. The van der Waals surface area contributed by atoms with Crippen molar-refractivity contribution in [3.63, 3.8) is 0 Å². The molecule has 1 saturated carbocycles. The summed E-state index contributed by atoms with van der Waals surface area (Å²) in [5.41, 5.74) is 0. The molecule has 2 amide bonds. The number of rotatable bonds is 3. The zero-order valence-corrected chi connectivity index (χ0v) is 9.45. The van der Waals surface area contributed by atoms with Crippen LogP contribution in [0.5, 0.6) is 0 Å². The van der Waals surface area contributed by atoms with E-state index in [1.807, 2.05) is 0 Å². The molecule has 2 rings (SSSR count). The number of piperidine rings is 1. The Morgan fingerprint density at radius 1 is 1.19 bits per heavy atom. The molecule has 0 radical (unpaired) electrons. The van der Waals surface area contributed by atoms with Crippen molar-refractivity contribution in [2.75, 3.05) is 13.1 Å². The second-order valence-corrected chi connectivity index (χ2v) is 4.59. The fraction of sp³-hybridized carbons (Fsp3) is 0.667. The third kappa shape index (κ3) is 2.62. The van der Waals surface area contributed by atoms with Crippen molar-refractivity contribution in [1.82, 2.24) is 10.2 Å². The van der Waals surface area contributed by atoms with Crippen LogP contribution >= 0.6 is 0 Å². The van der Waals surface area contributed by atoms with Crippen molar-refractivity contribution in [3.05, 3.63) is 12.7 Å². The molecule has 0 spiro atoms. The van der Waals surface area contributed by atoms with Crippen LogP contribution in [-0.2, 0) is 9.59 Å². The van der Waals surface area contributed by atoms with Crippen molar-refractivity contribution in [3.8, 4) is 0 Å². The van der Waals surface area contributed by atoms with E-state index in [0.29, 0.717) is 0 Å². The van der Waals surface area contributed by atoms with Gasteiger partial charge in [-0.25, -0.2) is 0 Å². The van der Waals surface area contributed by atoms with Crippen LogP contribution in [0.2, 0.25) is 0 Å². The summed E-state index contributed by atoms with van der Waals surface area (Å²) in [6.07, 6.45) is 5.15. The highest BCUT2D eigenvalue weighted by atomic mass is 16.2. The van der Waals surface area contributed by atoms with Gasteiger partial charge in [-0.05, 0) is 31.8 Å². The first-order valence-corrected chi connectivity index (χ1v) is 5.92. The Labute approximate surface area is 95.7 Å². The number of amides is 2. The second kappa shape index (κ2) is 4.68. The molecule has 1 N–H and O–H groups in total. The monoisotopic (exact) mass is 222 g/mol. The second-order valence-electron chi connectivity index (χ2n) is 4.59. The van der Waals surface area contributed by atoms with Crippen LogP contribution in [0.3, 0.4) is 0 Å². The molecule has 4 heteroatoms. The van der Waals surface area contributed by atoms with Gasteiger partial charge >= 0.3 is 0 Å². The van der Waals surface area contributed by atoms with E-state index in [4.69, 9.17) is 0 Å². The highest BCUT2D eigenvalue weighted by molar-refractivity contribution is 5.87. The van der Waals surface area contributed by atoms with E-state index in [9.17, 15) is 9.59 Å². The van der Waals surface area contributed by atoms with Gasteiger partial charge in [0.05, 0.1) is 0 Å². The zero-order valence-electron chi connectivity index (χ0n) is 9.45. The number of nitrogens with one attached hydrogen (secondary N) is 1. The van der Waals surface area contributed by atoms with E-state index in [-0.39, 0.29) is 23.8 Å². The van der Waals surface area contributed by atoms with Crippen LogP contribution in [0.25, 0.3) is 0 Å². The Bertz CT molecular complexity index is 302. The minimum Gasteiger partial charge on any atom is -0.353 e. The quantitative estimate of drug-likeness (QED) is 0.714. The smallest absolute Gasteiger partial charge is 0.245 e. The third-order valence-electron chi connectivity index (χ3n) is 3.28. The fourth-order valence-corrected chi connectivity index (χ4v) is 2.04. The summed E-state index contributed by atoms with van der Waals surface area (Å²) >= 11 is 0. The first-order valence-electron chi connectivity index (χ1n) is 5.92. The summed E-state index contributed by atoms with van der Waals surface area (Å²) < 4.78 is 0. The van der Waals surface area contributed by atoms with Crippen LogP contribution in [0.1, 0.15) is 25.7 Å². The van der Waals surface area contributed by atoms with Crippen molar-refractivity contribution in [1.29, 1.82) is 0 Å². The number of hydrogen-bond donors (Lipinski definition) is 1. The number of nitrogens with zero attached hydrogens (tertiary/aromatic N) is 1. The Kier molecular flexibility index (Phi) is 3.27. The maximum atomic E-state index is 11.5. The van der Waals surface area contributed by atoms with Crippen LogP contribution in [0.15, 0.2) is 12.7 Å². The van der Waals surface area contributed by atoms with Crippen LogP contribution < -0.4 is 5.32 Å². The van der Waals surface area contributed by atoms with Gasteiger partial charge in [0.2, 0.25) is 11.8 Å². The molecule has 1 aliphatic carbocycles. The minimum atomic E-state index is -0.00744. The van der Waals surface area contributed by atoms with Crippen LogP contribution in [0, 0.1) is 5.92 Å². The van der Waals surface area contributed by atoms with Crippen molar-refractivity contribution < 1.29 is 9.59 Å². The number of likely N-dealkylation sites (tertiary alicyclic amines) is 1. The Balaban J connectivity index is 1.74. The summed E-state index contributed by atoms with van der Waals surface area (Å²) in [7, 11) is 0. The van der Waals surface area contributed by atoms with Gasteiger partial charge in [-0.2, -0.15) is 0 Å². The predicted octanol–water partition coefficient (Wildman–Crippen LogP) is 0.690. The lowest BCUT2D eigenvalue weighted by molar-refractivity contribution is -0.127. The third-order valence-corrected chi connectivity index (χ3v) is 3.28. The molecule has 2 aliphatic rings. The van der Waals surface area contributed by atoms with Gasteiger partial charge in [0, 0.05) is 25.0 Å². The number of carbonyl (C=O) groups excluding carboxylic acids is 2. The standard InChI is InChI=1S/C12H18N2O2/c1-2-11(15)14-7-5-10(6-8-14)13-12(16)9-3-4-9/h2,9-10H,1,3-8H2,(H,13,16). The lowest BCUT2D eigenvalue weighted by Crippen LogP contribution is -2.46. The SMILES string of the molecule is C=CC(=O)N1CCC(NC(=O)C2CC2)CC1. The number of hydrogen-bond acceptors (Lipinski definition) is 2. The maximum absolute atomic E-state index is 11.5. The molecule has 0 aromatic heterocycles. The summed E-state index contributed by atoms with van der Waals surface area (Å²) in [5.74, 6) is 0.466. The van der Waals surface area contributed by atoms with Gasteiger partial charge in [-0.15, -0.1) is 0 Å². The summed E-state index contributed by atoms with van der Waals surface area (Å²) in [5, 5.41) is 3.06. The molecule has 0 bridgehead atoms. The average Bonchev–Trinajstić information content (AvgIpc) is 3.13. The Hall–Kier alpha value is -1.32. The molecule has 88 valence electrons.